The number of carbonyl (C=O) groups excluding carboxylic acids is 1. The second kappa shape index (κ2) is 7.81. The lowest BCUT2D eigenvalue weighted by Crippen LogP contribution is -2.49. The average molecular weight is 418 g/mol. The van der Waals surface area contributed by atoms with Crippen molar-refractivity contribution in [2.75, 3.05) is 27.2 Å². The van der Waals surface area contributed by atoms with Gasteiger partial charge in [0.15, 0.2) is 0 Å². The van der Waals surface area contributed by atoms with Crippen LogP contribution in [0.15, 0.2) is 53.3 Å². The molecule has 5 rings (SSSR count). The predicted molar refractivity (Wildman–Crippen MR) is 119 cm³/mol. The van der Waals surface area contributed by atoms with Crippen molar-refractivity contribution in [2.24, 2.45) is 5.92 Å². The van der Waals surface area contributed by atoms with Gasteiger partial charge in [-0.2, -0.15) is 5.10 Å². The second-order valence-corrected chi connectivity index (χ2v) is 8.98. The number of benzene rings is 1. The summed E-state index contributed by atoms with van der Waals surface area (Å²) in [6, 6.07) is 15.7. The molecule has 2 atom stereocenters. The van der Waals surface area contributed by atoms with E-state index in [1.54, 1.807) is 0 Å². The summed E-state index contributed by atoms with van der Waals surface area (Å²) in [6.07, 6.45) is 1.02. The van der Waals surface area contributed by atoms with Crippen LogP contribution in [0.1, 0.15) is 34.1 Å². The molecule has 3 aromatic rings. The maximum Gasteiger partial charge on any atom is 0.271 e. The lowest BCUT2D eigenvalue weighted by Gasteiger charge is -2.42. The van der Waals surface area contributed by atoms with E-state index in [1.807, 2.05) is 70.9 Å². The molecular weight excluding hydrogens is 390 g/mol. The number of amides is 1. The summed E-state index contributed by atoms with van der Waals surface area (Å²) >= 11 is 0. The first-order valence-corrected chi connectivity index (χ1v) is 10.8. The predicted octanol–water partition coefficient (Wildman–Crippen LogP) is 2.56. The van der Waals surface area contributed by atoms with Gasteiger partial charge in [0.25, 0.3) is 11.5 Å². The fraction of sp³-hybridized carbons (Fsp3) is 0.375. The van der Waals surface area contributed by atoms with Crippen molar-refractivity contribution >= 4 is 5.91 Å². The maximum absolute atomic E-state index is 13.2. The van der Waals surface area contributed by atoms with Gasteiger partial charge in [0, 0.05) is 48.9 Å². The first kappa shape index (κ1) is 19.8. The van der Waals surface area contributed by atoms with Crippen LogP contribution in [0.25, 0.3) is 11.3 Å². The summed E-state index contributed by atoms with van der Waals surface area (Å²) in [7, 11) is 3.95. The summed E-state index contributed by atoms with van der Waals surface area (Å²) in [5.74, 6) is 0.456. The van der Waals surface area contributed by atoms with Gasteiger partial charge in [0.05, 0.1) is 5.69 Å². The van der Waals surface area contributed by atoms with Crippen LogP contribution >= 0.6 is 0 Å². The molecule has 160 valence electrons. The van der Waals surface area contributed by atoms with E-state index in [2.05, 4.69) is 16.3 Å². The quantitative estimate of drug-likeness (QED) is 0.708. The third-order valence-electron chi connectivity index (χ3n) is 6.33. The molecule has 0 spiro atoms. The molecule has 1 fully saturated rings. The molecule has 2 aliphatic heterocycles. The Hall–Kier alpha value is -3.19. The number of likely N-dealkylation sites (tertiary alicyclic amines) is 1. The van der Waals surface area contributed by atoms with E-state index in [4.69, 9.17) is 0 Å². The number of nitrogens with one attached hydrogen (secondary N) is 1. The molecular formula is C24H27N5O2. The van der Waals surface area contributed by atoms with Crippen molar-refractivity contribution < 1.29 is 4.79 Å². The zero-order chi connectivity index (χ0) is 21.5. The first-order chi connectivity index (χ1) is 15.0. The second-order valence-electron chi connectivity index (χ2n) is 8.98. The van der Waals surface area contributed by atoms with Gasteiger partial charge in [-0.15, -0.1) is 0 Å². The fourth-order valence-corrected chi connectivity index (χ4v) is 4.98. The van der Waals surface area contributed by atoms with Gasteiger partial charge in [0.2, 0.25) is 0 Å². The Balaban J connectivity index is 1.37. The lowest BCUT2D eigenvalue weighted by molar-refractivity contribution is 0.0588. The highest BCUT2D eigenvalue weighted by molar-refractivity contribution is 5.93. The Morgan fingerprint density at radius 2 is 1.94 bits per heavy atom. The summed E-state index contributed by atoms with van der Waals surface area (Å²) in [4.78, 5) is 30.1. The standard InChI is InChI=1S/C24H27N5O2/c1-27(2)14-18-8-9-22-19-10-16(13-29(22)23(18)30)12-28(15-19)24(31)21-11-20(25-26-21)17-6-4-3-5-7-17/h3-9,11,16,19H,10,12-15H2,1-2H3,(H,25,26)/t16-,19+/m0/s1. The molecule has 2 aromatic heterocycles. The van der Waals surface area contributed by atoms with E-state index in [0.717, 1.165) is 28.9 Å². The summed E-state index contributed by atoms with van der Waals surface area (Å²) in [5, 5.41) is 7.25. The third-order valence-corrected chi connectivity index (χ3v) is 6.33. The van der Waals surface area contributed by atoms with Gasteiger partial charge < -0.3 is 14.4 Å². The zero-order valence-corrected chi connectivity index (χ0v) is 17.9. The fourth-order valence-electron chi connectivity index (χ4n) is 4.98. The molecule has 1 N–H and O–H groups in total. The van der Waals surface area contributed by atoms with Crippen LogP contribution in [0.5, 0.6) is 0 Å². The molecule has 1 amide bonds. The minimum Gasteiger partial charge on any atom is -0.336 e. The summed E-state index contributed by atoms with van der Waals surface area (Å²) < 4.78 is 1.95. The van der Waals surface area contributed by atoms with E-state index in [0.29, 0.717) is 37.8 Å². The topological polar surface area (TPSA) is 74.2 Å². The molecule has 0 unspecified atom stereocenters. The van der Waals surface area contributed by atoms with Crippen molar-refractivity contribution in [3.05, 3.63) is 75.8 Å². The number of aromatic nitrogens is 3. The van der Waals surface area contributed by atoms with Crippen molar-refractivity contribution in [1.82, 2.24) is 24.6 Å². The Labute approximate surface area is 181 Å². The number of pyridine rings is 1. The number of nitrogens with zero attached hydrogens (tertiary/aromatic N) is 4. The van der Waals surface area contributed by atoms with Crippen molar-refractivity contribution in [3.63, 3.8) is 0 Å². The molecule has 0 aliphatic carbocycles. The number of piperidine rings is 1. The van der Waals surface area contributed by atoms with Crippen LogP contribution < -0.4 is 5.56 Å². The normalized spacial score (nSPS) is 20.0. The van der Waals surface area contributed by atoms with Crippen molar-refractivity contribution in [1.29, 1.82) is 0 Å². The smallest absolute Gasteiger partial charge is 0.271 e. The van der Waals surface area contributed by atoms with Gasteiger partial charge in [0.1, 0.15) is 5.69 Å². The van der Waals surface area contributed by atoms with E-state index in [9.17, 15) is 9.59 Å². The summed E-state index contributed by atoms with van der Waals surface area (Å²) in [5.41, 5.74) is 4.25. The number of fused-ring (bicyclic) bond motifs is 4. The average Bonchev–Trinajstić information content (AvgIpc) is 3.26. The molecule has 2 bridgehead atoms. The molecule has 31 heavy (non-hydrogen) atoms. The van der Waals surface area contributed by atoms with E-state index < -0.39 is 0 Å². The lowest BCUT2D eigenvalue weighted by atomic mass is 9.83. The van der Waals surface area contributed by atoms with E-state index >= 15 is 0 Å². The third kappa shape index (κ3) is 3.70. The Morgan fingerprint density at radius 1 is 1.13 bits per heavy atom. The Morgan fingerprint density at radius 3 is 2.71 bits per heavy atom. The first-order valence-electron chi connectivity index (χ1n) is 10.8. The summed E-state index contributed by atoms with van der Waals surface area (Å²) in [6.45, 7) is 2.61. The van der Waals surface area contributed by atoms with E-state index in [1.165, 1.54) is 0 Å². The van der Waals surface area contributed by atoms with Crippen LogP contribution in [0, 0.1) is 5.92 Å². The molecule has 1 saturated heterocycles. The van der Waals surface area contributed by atoms with Crippen LogP contribution in [0.2, 0.25) is 0 Å². The molecule has 1 aromatic carbocycles. The van der Waals surface area contributed by atoms with Gasteiger partial charge in [-0.25, -0.2) is 0 Å². The Bertz CT molecular complexity index is 1160. The van der Waals surface area contributed by atoms with Crippen molar-refractivity contribution in [2.45, 2.75) is 25.4 Å². The molecule has 7 nitrogen and oxygen atoms in total. The van der Waals surface area contributed by atoms with Crippen LogP contribution in [-0.4, -0.2) is 57.7 Å². The molecule has 2 aliphatic rings. The highest BCUT2D eigenvalue weighted by atomic mass is 16.2. The highest BCUT2D eigenvalue weighted by Gasteiger charge is 2.37. The highest BCUT2D eigenvalue weighted by Crippen LogP contribution is 2.35. The Kier molecular flexibility index (Phi) is 4.98. The molecule has 4 heterocycles. The number of rotatable bonds is 4. The number of hydrogen-bond donors (Lipinski definition) is 1. The van der Waals surface area contributed by atoms with Gasteiger partial charge in [-0.1, -0.05) is 36.4 Å². The SMILES string of the molecule is CN(C)Cc1ccc2n(c1=O)C[C@H]1C[C@@H]2CN(C(=O)c2cc(-c3ccccc3)n[nH]2)C1. The number of aromatic amines is 1. The molecule has 0 radical (unpaired) electrons. The van der Waals surface area contributed by atoms with Crippen LogP contribution in [0.4, 0.5) is 0 Å². The van der Waals surface area contributed by atoms with E-state index in [-0.39, 0.29) is 17.4 Å². The maximum atomic E-state index is 13.2. The number of H-pyrrole nitrogens is 1. The van der Waals surface area contributed by atoms with Gasteiger partial charge in [-0.05, 0) is 38.6 Å². The van der Waals surface area contributed by atoms with Crippen molar-refractivity contribution in [3.8, 4) is 11.3 Å². The minimum atomic E-state index is -0.0237. The zero-order valence-electron chi connectivity index (χ0n) is 17.9. The van der Waals surface area contributed by atoms with Crippen LogP contribution in [0.3, 0.4) is 0 Å². The van der Waals surface area contributed by atoms with Gasteiger partial charge >= 0.3 is 0 Å². The molecule has 0 saturated carbocycles. The number of carbonyl (C=O) groups is 1. The number of hydrogen-bond acceptors (Lipinski definition) is 4. The largest absolute Gasteiger partial charge is 0.336 e. The molecule has 7 heteroatoms. The van der Waals surface area contributed by atoms with Gasteiger partial charge in [-0.3, -0.25) is 14.7 Å². The monoisotopic (exact) mass is 417 g/mol. The van der Waals surface area contributed by atoms with Crippen LogP contribution in [-0.2, 0) is 13.1 Å². The minimum absolute atomic E-state index is 0.0237.